The number of rotatable bonds is 8. The van der Waals surface area contributed by atoms with E-state index >= 15 is 0 Å². The summed E-state index contributed by atoms with van der Waals surface area (Å²) in [5.74, 6) is 0. The van der Waals surface area contributed by atoms with Gasteiger partial charge in [-0.15, -0.1) is 11.8 Å². The second kappa shape index (κ2) is 11.1. The summed E-state index contributed by atoms with van der Waals surface area (Å²) in [6, 6.07) is 0. The van der Waals surface area contributed by atoms with Crippen LogP contribution in [0.25, 0.3) is 0 Å². The van der Waals surface area contributed by atoms with E-state index in [1.165, 1.54) is 44.9 Å². The zero-order chi connectivity index (χ0) is 9.07. The average Bonchev–Trinajstić information content (AvgIpc) is 2.10. The molecule has 0 heterocycles. The molecule has 12 heavy (non-hydrogen) atoms. The van der Waals surface area contributed by atoms with Gasteiger partial charge < -0.3 is 0 Å². The lowest BCUT2D eigenvalue weighted by Gasteiger charge is -1.97. The van der Waals surface area contributed by atoms with E-state index in [2.05, 4.69) is 24.7 Å². The molecule has 0 aliphatic heterocycles. The molecule has 0 nitrogen and oxygen atoms in total. The third kappa shape index (κ3) is 10.1. The molecule has 0 atom stereocenters. The van der Waals surface area contributed by atoms with Crippen LogP contribution >= 0.6 is 11.8 Å². The van der Waals surface area contributed by atoms with E-state index in [9.17, 15) is 0 Å². The molecule has 0 fully saturated rings. The van der Waals surface area contributed by atoms with Crippen molar-refractivity contribution in [3.05, 3.63) is 11.5 Å². The third-order valence-electron chi connectivity index (χ3n) is 1.96. The van der Waals surface area contributed by atoms with Crippen molar-refractivity contribution in [2.24, 2.45) is 0 Å². The maximum absolute atomic E-state index is 2.28. The van der Waals surface area contributed by atoms with Crippen LogP contribution in [0.3, 0.4) is 0 Å². The van der Waals surface area contributed by atoms with Crippen LogP contribution < -0.4 is 0 Å². The van der Waals surface area contributed by atoms with Crippen molar-refractivity contribution in [3.63, 3.8) is 0 Å². The third-order valence-corrected chi connectivity index (χ3v) is 2.42. The number of hydrogen-bond donors (Lipinski definition) is 0. The lowest BCUT2D eigenvalue weighted by Crippen LogP contribution is -1.77. The molecule has 0 rings (SSSR count). The summed E-state index contributed by atoms with van der Waals surface area (Å²) >= 11 is 1.79. The van der Waals surface area contributed by atoms with E-state index in [1.54, 1.807) is 11.8 Å². The summed E-state index contributed by atoms with van der Waals surface area (Å²) in [4.78, 5) is 0. The Kier molecular flexibility index (Phi) is 11.2. The predicted molar refractivity (Wildman–Crippen MR) is 60.6 cm³/mol. The molecule has 72 valence electrons. The van der Waals surface area contributed by atoms with Crippen LogP contribution in [-0.2, 0) is 0 Å². The molecule has 1 heteroatoms. The Morgan fingerprint density at radius 3 is 2.33 bits per heavy atom. The Hall–Kier alpha value is 0.0900. The van der Waals surface area contributed by atoms with Gasteiger partial charge in [-0.1, -0.05) is 45.1 Å². The summed E-state index contributed by atoms with van der Waals surface area (Å²) in [6.45, 7) is 2.27. The zero-order valence-electron chi connectivity index (χ0n) is 8.51. The summed E-state index contributed by atoms with van der Waals surface area (Å²) < 4.78 is 0. The highest BCUT2D eigenvalue weighted by Crippen LogP contribution is 2.07. The first kappa shape index (κ1) is 12.1. The first-order valence-electron chi connectivity index (χ1n) is 5.09. The predicted octanol–water partition coefficient (Wildman–Crippen LogP) is 4.61. The van der Waals surface area contributed by atoms with E-state index in [-0.39, 0.29) is 0 Å². The van der Waals surface area contributed by atoms with Gasteiger partial charge in [-0.25, -0.2) is 0 Å². The molecular formula is C11H22S. The second-order valence-electron chi connectivity index (χ2n) is 3.16. The Labute approximate surface area is 81.8 Å². The zero-order valence-corrected chi connectivity index (χ0v) is 9.33. The van der Waals surface area contributed by atoms with Crippen molar-refractivity contribution in [3.8, 4) is 0 Å². The van der Waals surface area contributed by atoms with Gasteiger partial charge in [-0.05, 0) is 24.5 Å². The van der Waals surface area contributed by atoms with Crippen LogP contribution in [0.15, 0.2) is 11.5 Å². The highest BCUT2D eigenvalue weighted by molar-refractivity contribution is 8.01. The van der Waals surface area contributed by atoms with Gasteiger partial charge in [0.05, 0.1) is 0 Å². The molecule has 0 amide bonds. The molecule has 0 N–H and O–H groups in total. The molecule has 0 saturated carbocycles. The average molecular weight is 186 g/mol. The normalized spacial score (nSPS) is 11.2. The second-order valence-corrected chi connectivity index (χ2v) is 3.91. The molecule has 0 aromatic rings. The quantitative estimate of drug-likeness (QED) is 0.499. The minimum atomic E-state index is 1.27. The van der Waals surface area contributed by atoms with Crippen LogP contribution in [-0.4, -0.2) is 6.26 Å². The van der Waals surface area contributed by atoms with E-state index in [0.717, 1.165) is 0 Å². The van der Waals surface area contributed by atoms with Crippen molar-refractivity contribution in [1.82, 2.24) is 0 Å². The first-order chi connectivity index (χ1) is 5.91. The maximum atomic E-state index is 2.28. The van der Waals surface area contributed by atoms with Crippen LogP contribution in [0.1, 0.15) is 51.9 Å². The fraction of sp³-hybridized carbons (Fsp3) is 0.818. The van der Waals surface area contributed by atoms with Crippen LogP contribution in [0, 0.1) is 0 Å². The molecule has 0 radical (unpaired) electrons. The minimum Gasteiger partial charge on any atom is -0.138 e. The van der Waals surface area contributed by atoms with E-state index in [4.69, 9.17) is 0 Å². The number of thioether (sulfide) groups is 1. The van der Waals surface area contributed by atoms with E-state index in [0.29, 0.717) is 0 Å². The summed E-state index contributed by atoms with van der Waals surface area (Å²) in [5, 5.41) is 2.19. The van der Waals surface area contributed by atoms with Crippen LogP contribution in [0.4, 0.5) is 0 Å². The minimum absolute atomic E-state index is 1.27. The highest BCUT2D eigenvalue weighted by Gasteiger charge is 1.87. The van der Waals surface area contributed by atoms with Crippen molar-refractivity contribution >= 4 is 11.8 Å². The molecule has 0 bridgehead atoms. The summed E-state index contributed by atoms with van der Waals surface area (Å²) in [6.07, 6.45) is 14.1. The molecule has 0 aliphatic carbocycles. The highest BCUT2D eigenvalue weighted by atomic mass is 32.2. The Bertz CT molecular complexity index is 97.2. The van der Waals surface area contributed by atoms with Gasteiger partial charge in [0, 0.05) is 0 Å². The molecule has 0 saturated heterocycles. The number of unbranched alkanes of at least 4 members (excludes halogenated alkanes) is 6. The van der Waals surface area contributed by atoms with Gasteiger partial charge in [-0.2, -0.15) is 0 Å². The molecule has 0 unspecified atom stereocenters. The fourth-order valence-corrected chi connectivity index (χ4v) is 1.54. The van der Waals surface area contributed by atoms with Gasteiger partial charge in [0.15, 0.2) is 0 Å². The van der Waals surface area contributed by atoms with Crippen molar-refractivity contribution < 1.29 is 0 Å². The van der Waals surface area contributed by atoms with Crippen LogP contribution in [0.5, 0.6) is 0 Å². The Morgan fingerprint density at radius 2 is 1.67 bits per heavy atom. The monoisotopic (exact) mass is 186 g/mol. The SMILES string of the molecule is CCCCCCCC/C=C/SC. The van der Waals surface area contributed by atoms with Crippen LogP contribution in [0.2, 0.25) is 0 Å². The van der Waals surface area contributed by atoms with Gasteiger partial charge in [-0.3, -0.25) is 0 Å². The lowest BCUT2D eigenvalue weighted by atomic mass is 10.1. The van der Waals surface area contributed by atoms with E-state index in [1.807, 2.05) is 0 Å². The number of allylic oxidation sites excluding steroid dienone is 1. The smallest absolute Gasteiger partial charge is 0.0142 e. The summed E-state index contributed by atoms with van der Waals surface area (Å²) in [5.41, 5.74) is 0. The molecule has 0 spiro atoms. The largest absolute Gasteiger partial charge is 0.138 e. The molecular weight excluding hydrogens is 164 g/mol. The Morgan fingerprint density at radius 1 is 1.00 bits per heavy atom. The first-order valence-corrected chi connectivity index (χ1v) is 6.38. The summed E-state index contributed by atoms with van der Waals surface area (Å²) in [7, 11) is 0. The van der Waals surface area contributed by atoms with Gasteiger partial charge >= 0.3 is 0 Å². The van der Waals surface area contributed by atoms with E-state index < -0.39 is 0 Å². The van der Waals surface area contributed by atoms with Crippen molar-refractivity contribution in [2.75, 3.05) is 6.26 Å². The van der Waals surface area contributed by atoms with Crippen molar-refractivity contribution in [1.29, 1.82) is 0 Å². The maximum Gasteiger partial charge on any atom is -0.0142 e. The topological polar surface area (TPSA) is 0 Å². The van der Waals surface area contributed by atoms with Gasteiger partial charge in [0.25, 0.3) is 0 Å². The number of hydrogen-bond acceptors (Lipinski definition) is 1. The molecule has 0 aromatic heterocycles. The van der Waals surface area contributed by atoms with Gasteiger partial charge in [0.1, 0.15) is 0 Å². The van der Waals surface area contributed by atoms with Crippen molar-refractivity contribution in [2.45, 2.75) is 51.9 Å². The lowest BCUT2D eigenvalue weighted by molar-refractivity contribution is 0.611. The van der Waals surface area contributed by atoms with Gasteiger partial charge in [0.2, 0.25) is 0 Å². The standard InChI is InChI=1S/C11H22S/c1-3-4-5-6-7-8-9-10-11-12-2/h10-11H,3-9H2,1-2H3/b11-10+. The Balaban J connectivity index is 2.86. The fourth-order valence-electron chi connectivity index (χ4n) is 1.21. The molecule has 0 aromatic carbocycles. The molecule has 0 aliphatic rings.